The minimum Gasteiger partial charge on any atom is -0.465 e. The maximum Gasteiger partial charge on any atom is 0.408 e. The number of hydrogen-bond donors (Lipinski definition) is 6. The fourth-order valence-electron chi connectivity index (χ4n) is 4.84. The first-order valence-corrected chi connectivity index (χ1v) is 18.1. The molecule has 2 atom stereocenters. The summed E-state index contributed by atoms with van der Waals surface area (Å²) in [6.07, 6.45) is -1.38. The van der Waals surface area contributed by atoms with Crippen molar-refractivity contribution < 1.29 is 48.1 Å². The van der Waals surface area contributed by atoms with Gasteiger partial charge in [-0.1, -0.05) is 30.3 Å². The van der Waals surface area contributed by atoms with Crippen LogP contribution in [0.25, 0.3) is 0 Å². The number of carbonyl (C=O) groups is 6. The molecule has 0 aliphatic rings. The summed E-state index contributed by atoms with van der Waals surface area (Å²) in [5, 5.41) is 23.6. The average molecular weight is 751 g/mol. The van der Waals surface area contributed by atoms with E-state index in [1.54, 1.807) is 86.6 Å². The minimum absolute atomic E-state index is 0.00903. The molecule has 0 heterocycles. The van der Waals surface area contributed by atoms with Crippen molar-refractivity contribution in [3.05, 3.63) is 35.9 Å². The van der Waals surface area contributed by atoms with Crippen LogP contribution in [0.1, 0.15) is 106 Å². The Morgan fingerprint density at radius 3 is 1.70 bits per heavy atom. The van der Waals surface area contributed by atoms with Gasteiger partial charge in [0.2, 0.25) is 11.8 Å². The van der Waals surface area contributed by atoms with Crippen LogP contribution in [-0.2, 0) is 30.3 Å². The van der Waals surface area contributed by atoms with E-state index in [1.807, 2.05) is 6.07 Å². The monoisotopic (exact) mass is 750 g/mol. The lowest BCUT2D eigenvalue weighted by Gasteiger charge is -2.29. The van der Waals surface area contributed by atoms with Crippen LogP contribution in [0.4, 0.5) is 19.2 Å². The lowest BCUT2D eigenvalue weighted by atomic mass is 10.1. The van der Waals surface area contributed by atoms with Crippen LogP contribution in [0.15, 0.2) is 30.3 Å². The van der Waals surface area contributed by atoms with Crippen molar-refractivity contribution in [3.63, 3.8) is 0 Å². The van der Waals surface area contributed by atoms with E-state index in [1.165, 1.54) is 0 Å². The molecule has 1 aromatic rings. The zero-order valence-electron chi connectivity index (χ0n) is 32.9. The largest absolute Gasteiger partial charge is 0.465 e. The summed E-state index contributed by atoms with van der Waals surface area (Å²) in [6, 6.07) is 7.31. The number of hydrogen-bond acceptors (Lipinski definition) is 9. The summed E-state index contributed by atoms with van der Waals surface area (Å²) >= 11 is 0. The van der Waals surface area contributed by atoms with Crippen LogP contribution in [-0.4, -0.2) is 101 Å². The molecule has 0 bridgehead atoms. The molecule has 300 valence electrons. The summed E-state index contributed by atoms with van der Waals surface area (Å²) < 4.78 is 15.8. The third-order valence-corrected chi connectivity index (χ3v) is 6.99. The second-order valence-electron chi connectivity index (χ2n) is 15.6. The van der Waals surface area contributed by atoms with Gasteiger partial charge < -0.3 is 45.9 Å². The Kier molecular flexibility index (Phi) is 19.5. The van der Waals surface area contributed by atoms with Gasteiger partial charge in [-0.15, -0.1) is 0 Å². The Bertz CT molecular complexity index is 1320. The van der Waals surface area contributed by atoms with Crippen LogP contribution in [0.3, 0.4) is 0 Å². The van der Waals surface area contributed by atoms with E-state index in [0.29, 0.717) is 31.2 Å². The molecule has 6 amide bonds. The Morgan fingerprint density at radius 1 is 0.642 bits per heavy atom. The number of carbonyl (C=O) groups excluding carboxylic acids is 5. The van der Waals surface area contributed by atoms with Crippen molar-refractivity contribution in [3.8, 4) is 0 Å². The highest BCUT2D eigenvalue weighted by Gasteiger charge is 2.30. The summed E-state index contributed by atoms with van der Waals surface area (Å²) in [5.74, 6) is -0.829. The van der Waals surface area contributed by atoms with Gasteiger partial charge in [0.1, 0.15) is 22.8 Å². The molecule has 0 aliphatic carbocycles. The summed E-state index contributed by atoms with van der Waals surface area (Å²) in [6.45, 7) is 16.3. The minimum atomic E-state index is -1.26. The first-order chi connectivity index (χ1) is 24.5. The molecule has 6 N–H and O–H groups in total. The molecular formula is C37H62N6O10. The standard InChI is InChI=1S/C37H62N6O10/c1-35(2,3)51-31(46)40-21-15-19-28(43(34(49)50)25-26-16-11-10-12-17-26)30(45)39-20-14-13-18-27(42-33(48)53-37(7,8)9)24-29(44)38-22-23-41-32(47)52-36(4,5)6/h10-12,16-17,27-28H,13-15,18-25H2,1-9H3,(H,38,44)(H,39,45)(H,40,46)(H,41,47)(H,42,48)(H,49,50)/t27-,28-/m0/s1. The molecule has 16 nitrogen and oxygen atoms in total. The van der Waals surface area contributed by atoms with Gasteiger partial charge >= 0.3 is 24.4 Å². The second kappa shape index (κ2) is 22.3. The number of nitrogens with one attached hydrogen (secondary N) is 5. The number of rotatable bonds is 19. The van der Waals surface area contributed by atoms with E-state index >= 15 is 0 Å². The number of alkyl carbamates (subject to hydrolysis) is 3. The lowest BCUT2D eigenvalue weighted by Crippen LogP contribution is -2.49. The summed E-state index contributed by atoms with van der Waals surface area (Å²) in [4.78, 5) is 76.1. The molecule has 1 rings (SSSR count). The SMILES string of the molecule is CC(C)(C)OC(=O)NCCC[C@@H](C(=O)NCCCC[C@@H](CC(=O)NCCNC(=O)OC(C)(C)C)NC(=O)OC(C)(C)C)N(Cc1ccccc1)C(=O)O. The number of nitrogens with zero attached hydrogens (tertiary/aromatic N) is 1. The maximum atomic E-state index is 13.5. The predicted molar refractivity (Wildman–Crippen MR) is 199 cm³/mol. The molecule has 53 heavy (non-hydrogen) atoms. The molecule has 0 saturated carbocycles. The van der Waals surface area contributed by atoms with Crippen molar-refractivity contribution in [2.45, 2.75) is 136 Å². The highest BCUT2D eigenvalue weighted by molar-refractivity contribution is 5.85. The Labute approximate surface area is 313 Å². The highest BCUT2D eigenvalue weighted by Crippen LogP contribution is 2.15. The second-order valence-corrected chi connectivity index (χ2v) is 15.6. The zero-order chi connectivity index (χ0) is 40.2. The first kappa shape index (κ1) is 46.3. The van der Waals surface area contributed by atoms with Gasteiger partial charge in [-0.05, 0) is 100.0 Å². The van der Waals surface area contributed by atoms with Gasteiger partial charge in [-0.3, -0.25) is 14.5 Å². The van der Waals surface area contributed by atoms with Gasteiger partial charge in [0, 0.05) is 45.2 Å². The van der Waals surface area contributed by atoms with Gasteiger partial charge in [-0.25, -0.2) is 19.2 Å². The van der Waals surface area contributed by atoms with E-state index in [2.05, 4.69) is 26.6 Å². The number of ether oxygens (including phenoxy) is 3. The lowest BCUT2D eigenvalue weighted by molar-refractivity contribution is -0.126. The van der Waals surface area contributed by atoms with Crippen molar-refractivity contribution in [1.82, 2.24) is 31.5 Å². The number of carboxylic acid groups (broad SMARTS) is 1. The Morgan fingerprint density at radius 2 is 1.15 bits per heavy atom. The fourth-order valence-corrected chi connectivity index (χ4v) is 4.84. The topological polar surface area (TPSA) is 214 Å². The maximum absolute atomic E-state index is 13.5. The normalized spacial score (nSPS) is 12.7. The van der Waals surface area contributed by atoms with Gasteiger partial charge in [0.15, 0.2) is 0 Å². The van der Waals surface area contributed by atoms with Crippen molar-refractivity contribution >= 4 is 36.2 Å². The smallest absolute Gasteiger partial charge is 0.408 e. The van der Waals surface area contributed by atoms with Crippen molar-refractivity contribution in [2.24, 2.45) is 0 Å². The van der Waals surface area contributed by atoms with Crippen molar-refractivity contribution in [1.29, 1.82) is 0 Å². The Balaban J connectivity index is 2.82. The Hall–Kier alpha value is -4.76. The molecule has 0 saturated heterocycles. The van der Waals surface area contributed by atoms with Gasteiger partial charge in [-0.2, -0.15) is 0 Å². The van der Waals surface area contributed by atoms with E-state index in [9.17, 15) is 33.9 Å². The third kappa shape index (κ3) is 23.4. The van der Waals surface area contributed by atoms with Crippen LogP contribution >= 0.6 is 0 Å². The first-order valence-electron chi connectivity index (χ1n) is 18.1. The number of benzene rings is 1. The molecule has 0 radical (unpaired) electrons. The number of amides is 6. The van der Waals surface area contributed by atoms with Crippen LogP contribution in [0.5, 0.6) is 0 Å². The molecule has 0 aromatic heterocycles. The highest BCUT2D eigenvalue weighted by atomic mass is 16.6. The van der Waals surface area contributed by atoms with Gasteiger partial charge in [0.05, 0.1) is 0 Å². The zero-order valence-corrected chi connectivity index (χ0v) is 32.9. The molecule has 0 unspecified atom stereocenters. The van der Waals surface area contributed by atoms with Crippen LogP contribution in [0.2, 0.25) is 0 Å². The van der Waals surface area contributed by atoms with Crippen LogP contribution < -0.4 is 26.6 Å². The quantitative estimate of drug-likeness (QED) is 0.0818. The molecular weight excluding hydrogens is 688 g/mol. The molecule has 1 aromatic carbocycles. The molecule has 0 aliphatic heterocycles. The number of unbranched alkanes of at least 4 members (excludes halogenated alkanes) is 1. The third-order valence-electron chi connectivity index (χ3n) is 6.99. The fraction of sp³-hybridized carbons (Fsp3) is 0.676. The van der Waals surface area contributed by atoms with E-state index in [-0.39, 0.29) is 51.5 Å². The van der Waals surface area contributed by atoms with E-state index < -0.39 is 59.2 Å². The van der Waals surface area contributed by atoms with Gasteiger partial charge in [0.25, 0.3) is 0 Å². The molecule has 16 heteroatoms. The van der Waals surface area contributed by atoms with Crippen molar-refractivity contribution in [2.75, 3.05) is 26.2 Å². The molecule has 0 fully saturated rings. The van der Waals surface area contributed by atoms with Crippen LogP contribution in [0, 0.1) is 0 Å². The summed E-state index contributed by atoms with van der Waals surface area (Å²) in [5.41, 5.74) is -1.36. The van der Waals surface area contributed by atoms with E-state index in [4.69, 9.17) is 14.2 Å². The summed E-state index contributed by atoms with van der Waals surface area (Å²) in [7, 11) is 0. The average Bonchev–Trinajstić information content (AvgIpc) is 2.99. The molecule has 0 spiro atoms. The predicted octanol–water partition coefficient (Wildman–Crippen LogP) is 5.05. The van der Waals surface area contributed by atoms with E-state index in [0.717, 1.165) is 4.90 Å².